The first kappa shape index (κ1) is 49.8. The topological polar surface area (TPSA) is 108 Å². The SMILES string of the molecule is CC(C)c1c(OCc2ccccc2)ccc(C=O)c1B1OCC(C)(C)CO1.CC1(C)COB(B2OCC(C)(C)CO2)OC1.Cc1c(C=O)ccc(OCc2ccccc2)c1C(C)C. The molecule has 13 heteroatoms. The van der Waals surface area contributed by atoms with Gasteiger partial charge in [-0.2, -0.15) is 0 Å². The minimum atomic E-state index is -0.545. The molecule has 0 spiro atoms. The Morgan fingerprint density at radius 3 is 1.27 bits per heavy atom. The van der Waals surface area contributed by atoms with Crippen molar-refractivity contribution in [1.29, 1.82) is 0 Å². The third-order valence-corrected chi connectivity index (χ3v) is 10.9. The van der Waals surface area contributed by atoms with E-state index in [9.17, 15) is 9.59 Å². The zero-order valence-corrected chi connectivity index (χ0v) is 39.4. The summed E-state index contributed by atoms with van der Waals surface area (Å²) in [6.45, 7) is 28.0. The molecule has 4 aromatic carbocycles. The number of hydrogen-bond donors (Lipinski definition) is 0. The summed E-state index contributed by atoms with van der Waals surface area (Å²) >= 11 is 0. The zero-order valence-electron chi connectivity index (χ0n) is 39.4. The molecule has 0 N–H and O–H groups in total. The van der Waals surface area contributed by atoms with Crippen LogP contribution in [0.4, 0.5) is 0 Å². The molecule has 3 aliphatic heterocycles. The van der Waals surface area contributed by atoms with Crippen molar-refractivity contribution in [3.63, 3.8) is 0 Å². The second-order valence-electron chi connectivity index (χ2n) is 19.7. The first-order chi connectivity index (χ1) is 29.9. The van der Waals surface area contributed by atoms with Crippen LogP contribution in [0.25, 0.3) is 0 Å². The predicted molar refractivity (Wildman–Crippen MR) is 252 cm³/mol. The Balaban J connectivity index is 0.000000185. The van der Waals surface area contributed by atoms with E-state index in [1.807, 2.05) is 85.8 Å². The van der Waals surface area contributed by atoms with Crippen molar-refractivity contribution < 1.29 is 47.0 Å². The van der Waals surface area contributed by atoms with Crippen LogP contribution in [0.15, 0.2) is 84.9 Å². The number of carbonyl (C=O) groups is 2. The summed E-state index contributed by atoms with van der Waals surface area (Å²) in [6, 6.07) is 27.5. The molecule has 0 bridgehead atoms. The molecular formula is C50H67B3O10. The van der Waals surface area contributed by atoms with Crippen LogP contribution in [-0.4, -0.2) is 73.4 Å². The molecule has 4 aromatic rings. The Morgan fingerprint density at radius 2 is 0.889 bits per heavy atom. The van der Waals surface area contributed by atoms with Crippen molar-refractivity contribution >= 4 is 39.2 Å². The lowest BCUT2D eigenvalue weighted by Gasteiger charge is -2.38. The van der Waals surface area contributed by atoms with Gasteiger partial charge in [0.1, 0.15) is 37.3 Å². The van der Waals surface area contributed by atoms with Crippen molar-refractivity contribution in [2.75, 3.05) is 39.6 Å². The van der Waals surface area contributed by atoms with E-state index in [2.05, 4.69) is 69.2 Å². The summed E-state index contributed by atoms with van der Waals surface area (Å²) in [5, 5.41) is 0. The predicted octanol–water partition coefficient (Wildman–Crippen LogP) is 9.67. The van der Waals surface area contributed by atoms with Gasteiger partial charge in [-0.15, -0.1) is 0 Å². The lowest BCUT2D eigenvalue weighted by molar-refractivity contribution is 0.00624. The Bertz CT molecular complexity index is 2020. The maximum atomic E-state index is 11.7. The van der Waals surface area contributed by atoms with Crippen molar-refractivity contribution in [1.82, 2.24) is 0 Å². The van der Waals surface area contributed by atoms with Crippen molar-refractivity contribution in [2.45, 2.75) is 101 Å². The van der Waals surface area contributed by atoms with Crippen molar-refractivity contribution in [3.8, 4) is 11.5 Å². The lowest BCUT2D eigenvalue weighted by atomic mass is 9.47. The average Bonchev–Trinajstić information content (AvgIpc) is 3.26. The molecule has 3 heterocycles. The minimum Gasteiger partial charge on any atom is -0.489 e. The zero-order chi connectivity index (χ0) is 45.8. The van der Waals surface area contributed by atoms with Gasteiger partial charge in [-0.3, -0.25) is 9.59 Å². The molecule has 0 unspecified atom stereocenters. The van der Waals surface area contributed by atoms with Gasteiger partial charge in [-0.05, 0) is 65.3 Å². The molecule has 0 aromatic heterocycles. The van der Waals surface area contributed by atoms with E-state index in [0.717, 1.165) is 62.9 Å². The molecule has 7 rings (SSSR count). The van der Waals surface area contributed by atoms with Crippen LogP contribution < -0.4 is 14.9 Å². The first-order valence-electron chi connectivity index (χ1n) is 22.2. The van der Waals surface area contributed by atoms with Crippen molar-refractivity contribution in [2.24, 2.45) is 16.2 Å². The summed E-state index contributed by atoms with van der Waals surface area (Å²) in [5.41, 5.74) is 7.61. The monoisotopic (exact) mass is 861 g/mol. The molecule has 0 atom stereocenters. The smallest absolute Gasteiger partial charge is 0.489 e. The number of benzene rings is 4. The van der Waals surface area contributed by atoms with Gasteiger partial charge in [0.05, 0.1) is 0 Å². The standard InChI is InChI=1S/C22H27BO4.C18H20O2.C10H20B2O4/c1-16(2)20-19(25-13-17-8-6-5-7-9-17)11-10-18(12-24)21(20)23-26-14-22(3,4)15-27-23;1-13(2)18-14(3)16(11-19)9-10-17(18)20-12-15-7-5-4-6-8-15;1-9(2)5-13-11(14-6-9)12-15-7-10(3,4)8-16-12/h5-12,16H,13-15H2,1-4H3;4-11,13H,12H2,1-3H3;5-8H2,1-4H3. The van der Waals surface area contributed by atoms with Crippen LogP contribution in [0.1, 0.15) is 130 Å². The molecule has 0 radical (unpaired) electrons. The van der Waals surface area contributed by atoms with E-state index in [4.69, 9.17) is 37.4 Å². The number of aldehydes is 2. The third-order valence-electron chi connectivity index (χ3n) is 10.9. The second kappa shape index (κ2) is 22.6. The Hall–Kier alpha value is -4.23. The van der Waals surface area contributed by atoms with Crippen molar-refractivity contribution in [3.05, 3.63) is 124 Å². The van der Waals surface area contributed by atoms with Gasteiger partial charge in [0.25, 0.3) is 0 Å². The molecule has 0 saturated carbocycles. The lowest BCUT2D eigenvalue weighted by Crippen LogP contribution is -2.56. The Morgan fingerprint density at radius 1 is 0.524 bits per heavy atom. The van der Waals surface area contributed by atoms with E-state index in [0.29, 0.717) is 64.3 Å². The van der Waals surface area contributed by atoms with Gasteiger partial charge in [0.15, 0.2) is 0 Å². The van der Waals surface area contributed by atoms with Gasteiger partial charge < -0.3 is 37.4 Å². The number of hydrogen-bond acceptors (Lipinski definition) is 10. The average molecular weight is 861 g/mol. The van der Waals surface area contributed by atoms with Crippen LogP contribution in [0.5, 0.6) is 11.5 Å². The van der Waals surface area contributed by atoms with Crippen LogP contribution >= 0.6 is 0 Å². The van der Waals surface area contributed by atoms with Crippen LogP contribution in [0.3, 0.4) is 0 Å². The largest absolute Gasteiger partial charge is 0.495 e. The summed E-state index contributed by atoms with van der Waals surface area (Å²) in [6.07, 6.45) is 1.77. The van der Waals surface area contributed by atoms with E-state index >= 15 is 0 Å². The fraction of sp³-hybridized carbons (Fsp3) is 0.480. The molecule has 3 aliphatic rings. The normalized spacial score (nSPS) is 17.8. The molecule has 10 nitrogen and oxygen atoms in total. The highest BCUT2D eigenvalue weighted by atomic mass is 16.7. The van der Waals surface area contributed by atoms with Gasteiger partial charge >= 0.3 is 21.1 Å². The van der Waals surface area contributed by atoms with E-state index in [-0.39, 0.29) is 36.2 Å². The molecule has 63 heavy (non-hydrogen) atoms. The number of ether oxygens (including phenoxy) is 2. The molecule has 0 aliphatic carbocycles. The molecular weight excluding hydrogens is 793 g/mol. The van der Waals surface area contributed by atoms with E-state index < -0.39 is 7.12 Å². The van der Waals surface area contributed by atoms with Crippen LogP contribution in [-0.2, 0) is 41.1 Å². The Kier molecular flexibility index (Phi) is 17.9. The minimum absolute atomic E-state index is 0.0305. The Labute approximate surface area is 377 Å². The highest BCUT2D eigenvalue weighted by molar-refractivity contribution is 7.10. The molecule has 3 fully saturated rings. The maximum absolute atomic E-state index is 11.7. The van der Waals surface area contributed by atoms with Gasteiger partial charge in [-0.1, -0.05) is 130 Å². The molecule has 0 amide bonds. The summed E-state index contributed by atoms with van der Waals surface area (Å²) in [5.74, 6) is 2.12. The summed E-state index contributed by atoms with van der Waals surface area (Å²) in [7, 11) is -1.29. The number of rotatable bonds is 12. The highest BCUT2D eigenvalue weighted by Crippen LogP contribution is 2.33. The van der Waals surface area contributed by atoms with Gasteiger partial charge in [0, 0.05) is 78.0 Å². The quantitative estimate of drug-likeness (QED) is 0.101. The van der Waals surface area contributed by atoms with Crippen LogP contribution in [0.2, 0.25) is 0 Å². The molecule has 336 valence electrons. The summed E-state index contributed by atoms with van der Waals surface area (Å²) < 4.78 is 46.6. The second-order valence-corrected chi connectivity index (χ2v) is 19.7. The fourth-order valence-corrected chi connectivity index (χ4v) is 7.47. The fourth-order valence-electron chi connectivity index (χ4n) is 7.47. The summed E-state index contributed by atoms with van der Waals surface area (Å²) in [4.78, 5) is 22.8. The maximum Gasteiger partial charge on any atom is 0.495 e. The van der Waals surface area contributed by atoms with Crippen LogP contribution in [0, 0.1) is 23.2 Å². The molecule has 3 saturated heterocycles. The van der Waals surface area contributed by atoms with E-state index in [1.165, 1.54) is 0 Å². The first-order valence-corrected chi connectivity index (χ1v) is 22.2. The third kappa shape index (κ3) is 14.4. The van der Waals surface area contributed by atoms with Gasteiger partial charge in [-0.25, -0.2) is 0 Å². The number of carbonyl (C=O) groups excluding carboxylic acids is 2. The van der Waals surface area contributed by atoms with Gasteiger partial charge in [0.2, 0.25) is 0 Å². The van der Waals surface area contributed by atoms with E-state index in [1.54, 1.807) is 6.07 Å². The highest BCUT2D eigenvalue weighted by Gasteiger charge is 2.47.